The summed E-state index contributed by atoms with van der Waals surface area (Å²) in [6, 6.07) is 15.7. The Balaban J connectivity index is 1.53. The molecule has 0 aliphatic carbocycles. The molecule has 1 spiro atoms. The van der Waals surface area contributed by atoms with E-state index in [1.807, 2.05) is 18.2 Å². The maximum Gasteiger partial charge on any atom is 0.200 e. The maximum atomic E-state index is 13.4. The van der Waals surface area contributed by atoms with Crippen molar-refractivity contribution in [2.75, 3.05) is 13.1 Å². The summed E-state index contributed by atoms with van der Waals surface area (Å²) in [4.78, 5) is 2.50. The van der Waals surface area contributed by atoms with E-state index in [4.69, 9.17) is 9.84 Å². The molecule has 4 nitrogen and oxygen atoms in total. The number of hydrazone groups is 1. The Morgan fingerprint density at radius 3 is 2.50 bits per heavy atom. The van der Waals surface area contributed by atoms with Crippen LogP contribution in [0.3, 0.4) is 0 Å². The van der Waals surface area contributed by atoms with Gasteiger partial charge in [0.2, 0.25) is 5.72 Å². The molecule has 0 saturated carbocycles. The van der Waals surface area contributed by atoms with Crippen LogP contribution in [0.4, 0.5) is 4.39 Å². The number of rotatable bonds is 2. The monoisotopic (exact) mass is 379 g/mol. The fraction of sp³-hybridized carbons (Fsp3) is 0.435. The molecule has 3 aliphatic rings. The van der Waals surface area contributed by atoms with Crippen LogP contribution in [0.15, 0.2) is 53.6 Å². The summed E-state index contributed by atoms with van der Waals surface area (Å²) in [7, 11) is 0. The van der Waals surface area contributed by atoms with E-state index in [9.17, 15) is 4.39 Å². The largest absolute Gasteiger partial charge is 0.466 e. The third-order valence-electron chi connectivity index (χ3n) is 6.39. The molecule has 2 aromatic rings. The molecule has 1 unspecified atom stereocenters. The zero-order valence-corrected chi connectivity index (χ0v) is 16.4. The topological polar surface area (TPSA) is 28.1 Å². The van der Waals surface area contributed by atoms with Gasteiger partial charge in [-0.3, -0.25) is 0 Å². The van der Waals surface area contributed by atoms with E-state index in [1.54, 1.807) is 0 Å². The van der Waals surface area contributed by atoms with Gasteiger partial charge >= 0.3 is 0 Å². The highest BCUT2D eigenvalue weighted by Gasteiger charge is 2.51. The Morgan fingerprint density at radius 2 is 1.79 bits per heavy atom. The molecule has 5 rings (SSSR count). The number of ether oxygens (including phenoxy) is 1. The first-order valence-corrected chi connectivity index (χ1v) is 10.2. The van der Waals surface area contributed by atoms with Crippen LogP contribution >= 0.6 is 0 Å². The molecular formula is C23H26FN3O. The van der Waals surface area contributed by atoms with Gasteiger partial charge in [-0.05, 0) is 37.6 Å². The number of benzene rings is 2. The van der Waals surface area contributed by atoms with Gasteiger partial charge in [0.25, 0.3) is 0 Å². The van der Waals surface area contributed by atoms with Crippen molar-refractivity contribution in [3.05, 3.63) is 65.5 Å². The molecule has 0 amide bonds. The fourth-order valence-corrected chi connectivity index (χ4v) is 4.77. The van der Waals surface area contributed by atoms with Crippen LogP contribution < -0.4 is 4.74 Å². The summed E-state index contributed by atoms with van der Waals surface area (Å²) >= 11 is 0. The highest BCUT2D eigenvalue weighted by atomic mass is 19.1. The molecular weight excluding hydrogens is 353 g/mol. The minimum absolute atomic E-state index is 0.176. The Labute approximate surface area is 165 Å². The van der Waals surface area contributed by atoms with Gasteiger partial charge in [-0.25, -0.2) is 9.40 Å². The molecule has 0 aromatic heterocycles. The molecule has 3 heterocycles. The van der Waals surface area contributed by atoms with Gasteiger partial charge in [-0.15, -0.1) is 0 Å². The van der Waals surface area contributed by atoms with Crippen molar-refractivity contribution in [1.82, 2.24) is 9.91 Å². The van der Waals surface area contributed by atoms with E-state index in [1.165, 1.54) is 17.7 Å². The fourth-order valence-electron chi connectivity index (χ4n) is 4.77. The zero-order valence-electron chi connectivity index (χ0n) is 16.4. The van der Waals surface area contributed by atoms with Crippen molar-refractivity contribution in [1.29, 1.82) is 0 Å². The first kappa shape index (κ1) is 17.7. The second kappa shape index (κ2) is 6.59. The average molecular weight is 379 g/mol. The van der Waals surface area contributed by atoms with Crippen LogP contribution in [0.25, 0.3) is 0 Å². The number of nitrogens with zero attached hydrogens (tertiary/aromatic N) is 3. The molecule has 0 radical (unpaired) electrons. The van der Waals surface area contributed by atoms with Gasteiger partial charge < -0.3 is 9.64 Å². The first-order chi connectivity index (χ1) is 13.6. The Bertz CT molecular complexity index is 900. The molecule has 28 heavy (non-hydrogen) atoms. The van der Waals surface area contributed by atoms with Crippen molar-refractivity contribution in [3.63, 3.8) is 0 Å². The molecule has 1 saturated heterocycles. The van der Waals surface area contributed by atoms with Gasteiger partial charge in [0.15, 0.2) is 0 Å². The molecule has 1 atom stereocenters. The number of piperidine rings is 1. The number of hydrogen-bond donors (Lipinski definition) is 0. The van der Waals surface area contributed by atoms with E-state index in [0.29, 0.717) is 6.04 Å². The molecule has 5 heteroatoms. The predicted octanol–water partition coefficient (Wildman–Crippen LogP) is 4.57. The summed E-state index contributed by atoms with van der Waals surface area (Å²) < 4.78 is 20.0. The van der Waals surface area contributed by atoms with E-state index >= 15 is 0 Å². The van der Waals surface area contributed by atoms with Crippen LogP contribution in [0.5, 0.6) is 5.75 Å². The molecule has 3 aliphatic heterocycles. The summed E-state index contributed by atoms with van der Waals surface area (Å²) in [6.07, 6.45) is 2.67. The lowest BCUT2D eigenvalue weighted by Crippen LogP contribution is -2.59. The minimum Gasteiger partial charge on any atom is -0.466 e. The highest BCUT2D eigenvalue weighted by Crippen LogP contribution is 2.49. The Morgan fingerprint density at radius 1 is 1.07 bits per heavy atom. The molecule has 0 N–H and O–H groups in total. The van der Waals surface area contributed by atoms with E-state index < -0.39 is 5.72 Å². The summed E-state index contributed by atoms with van der Waals surface area (Å²) in [6.45, 7) is 6.51. The highest BCUT2D eigenvalue weighted by molar-refractivity contribution is 6.01. The molecule has 0 bridgehead atoms. The lowest BCUT2D eigenvalue weighted by Gasteiger charge is -2.51. The third-order valence-corrected chi connectivity index (χ3v) is 6.39. The van der Waals surface area contributed by atoms with Crippen LogP contribution in [0.1, 0.15) is 50.3 Å². The molecule has 1 fully saturated rings. The standard InChI is InChI=1S/C23H26FN3O/c1-16(2)26-13-11-23(12-14-26)27-21(19-5-3-4-6-22(19)28-23)15-20(25-27)17-7-9-18(24)10-8-17/h3-10,16,21H,11-15H2,1-2H3. The average Bonchev–Trinajstić information content (AvgIpc) is 3.16. The van der Waals surface area contributed by atoms with Crippen molar-refractivity contribution in [3.8, 4) is 5.75 Å². The summed E-state index contributed by atoms with van der Waals surface area (Å²) in [5, 5.41) is 7.25. The van der Waals surface area contributed by atoms with E-state index in [-0.39, 0.29) is 11.9 Å². The van der Waals surface area contributed by atoms with Crippen molar-refractivity contribution >= 4 is 5.71 Å². The predicted molar refractivity (Wildman–Crippen MR) is 108 cm³/mol. The number of hydrogen-bond acceptors (Lipinski definition) is 4. The normalized spacial score (nSPS) is 23.4. The van der Waals surface area contributed by atoms with Gasteiger partial charge in [-0.2, -0.15) is 5.10 Å². The maximum absolute atomic E-state index is 13.4. The summed E-state index contributed by atoms with van der Waals surface area (Å²) in [5.74, 6) is 0.767. The minimum atomic E-state index is -0.397. The SMILES string of the molecule is CC(C)N1CCC2(CC1)Oc1ccccc1C1CC(c3ccc(F)cc3)=NN12. The zero-order chi connectivity index (χ0) is 19.3. The number of halogens is 1. The van der Waals surface area contributed by atoms with Gasteiger partial charge in [-0.1, -0.05) is 30.3 Å². The Hall–Kier alpha value is -2.40. The van der Waals surface area contributed by atoms with Crippen LogP contribution in [0.2, 0.25) is 0 Å². The lowest BCUT2D eigenvalue weighted by atomic mass is 9.90. The van der Waals surface area contributed by atoms with Crippen molar-refractivity contribution < 1.29 is 9.13 Å². The summed E-state index contributed by atoms with van der Waals surface area (Å²) in [5.41, 5.74) is 2.80. The van der Waals surface area contributed by atoms with E-state index in [0.717, 1.165) is 49.4 Å². The second-order valence-electron chi connectivity index (χ2n) is 8.33. The van der Waals surface area contributed by atoms with E-state index in [2.05, 4.69) is 42.0 Å². The third kappa shape index (κ3) is 2.80. The number of likely N-dealkylation sites (tertiary alicyclic amines) is 1. The lowest BCUT2D eigenvalue weighted by molar-refractivity contribution is -0.152. The molecule has 146 valence electrons. The van der Waals surface area contributed by atoms with Crippen molar-refractivity contribution in [2.24, 2.45) is 5.10 Å². The van der Waals surface area contributed by atoms with Crippen LogP contribution in [-0.2, 0) is 0 Å². The number of fused-ring (bicyclic) bond motifs is 4. The van der Waals surface area contributed by atoms with Crippen LogP contribution in [0, 0.1) is 5.82 Å². The van der Waals surface area contributed by atoms with Gasteiger partial charge in [0.1, 0.15) is 11.6 Å². The number of para-hydroxylation sites is 1. The smallest absolute Gasteiger partial charge is 0.200 e. The van der Waals surface area contributed by atoms with Crippen molar-refractivity contribution in [2.45, 2.75) is 50.9 Å². The van der Waals surface area contributed by atoms with Gasteiger partial charge in [0, 0.05) is 44.0 Å². The Kier molecular flexibility index (Phi) is 4.16. The van der Waals surface area contributed by atoms with Crippen LogP contribution in [-0.4, -0.2) is 40.5 Å². The molecule has 2 aromatic carbocycles. The first-order valence-electron chi connectivity index (χ1n) is 10.2. The quantitative estimate of drug-likeness (QED) is 0.765. The second-order valence-corrected chi connectivity index (χ2v) is 8.33. The van der Waals surface area contributed by atoms with Gasteiger partial charge in [0.05, 0.1) is 11.8 Å².